The van der Waals surface area contributed by atoms with Gasteiger partial charge in [-0.15, -0.1) is 0 Å². The quantitative estimate of drug-likeness (QED) is 0.174. The van der Waals surface area contributed by atoms with Crippen molar-refractivity contribution in [3.8, 4) is 5.69 Å². The molecule has 1 aromatic heterocycles. The van der Waals surface area contributed by atoms with E-state index < -0.39 is 7.81 Å². The number of nitrogens with zero attached hydrogens (tertiary/aromatic N) is 3. The van der Waals surface area contributed by atoms with Crippen LogP contribution in [-0.4, -0.2) is 4.57 Å². The first-order chi connectivity index (χ1) is 12.8. The van der Waals surface area contributed by atoms with E-state index in [0.29, 0.717) is 5.69 Å². The van der Waals surface area contributed by atoms with Crippen LogP contribution in [0.2, 0.25) is 0 Å². The molecule has 28 heavy (non-hydrogen) atoms. The van der Waals surface area contributed by atoms with E-state index in [4.69, 9.17) is 5.39 Å². The molecule has 0 saturated carbocycles. The number of hydrogen-bond acceptors (Lipinski definition) is 1. The fourth-order valence-electron chi connectivity index (χ4n) is 2.87. The number of halogens is 6. The van der Waals surface area contributed by atoms with Gasteiger partial charge in [-0.3, -0.25) is 0 Å². The molecule has 0 bridgehead atoms. The number of para-hydroxylation sites is 2. The molecule has 0 saturated heterocycles. The standard InChI is InChI=1S/C18H12N3.F6P/c19-20-13-9-11-14(12-10-13)21-17-7-3-1-5-15(17)16-6-2-4-8-18(16)21;1-7(2,3,4,5)6/h1-12H;/q+1;-1. The first-order valence-electron chi connectivity index (χ1n) is 7.83. The van der Waals surface area contributed by atoms with Gasteiger partial charge in [-0.2, -0.15) is 0 Å². The van der Waals surface area contributed by atoms with Crippen LogP contribution >= 0.6 is 7.81 Å². The molecule has 146 valence electrons. The topological polar surface area (TPSA) is 33.1 Å². The Balaban J connectivity index is 0.000000279. The maximum atomic E-state index is 9.87. The Kier molecular flexibility index (Phi) is 4.17. The fraction of sp³-hybridized carbons (Fsp3) is 0. The zero-order valence-corrected chi connectivity index (χ0v) is 14.9. The van der Waals surface area contributed by atoms with Crippen LogP contribution in [-0.2, 0) is 0 Å². The minimum Gasteiger partial charge on any atom is -0.309 e. The Bertz CT molecular complexity index is 1140. The summed E-state index contributed by atoms with van der Waals surface area (Å²) in [6.07, 6.45) is 0. The third-order valence-corrected chi connectivity index (χ3v) is 3.80. The molecule has 0 aliphatic heterocycles. The number of diazo groups is 1. The first-order valence-corrected chi connectivity index (χ1v) is 9.86. The van der Waals surface area contributed by atoms with Gasteiger partial charge in [-0.1, -0.05) is 36.4 Å². The van der Waals surface area contributed by atoms with Crippen molar-refractivity contribution in [2.75, 3.05) is 0 Å². The zero-order chi connectivity index (χ0) is 20.6. The Labute approximate surface area is 154 Å². The summed E-state index contributed by atoms with van der Waals surface area (Å²) in [4.78, 5) is 3.21. The van der Waals surface area contributed by atoms with Crippen molar-refractivity contribution in [2.24, 2.45) is 0 Å². The van der Waals surface area contributed by atoms with Crippen LogP contribution in [0.5, 0.6) is 0 Å². The van der Waals surface area contributed by atoms with Crippen molar-refractivity contribution in [2.45, 2.75) is 0 Å². The summed E-state index contributed by atoms with van der Waals surface area (Å²) in [6.45, 7) is 0. The van der Waals surface area contributed by atoms with Gasteiger partial charge in [0, 0.05) is 28.6 Å². The van der Waals surface area contributed by atoms with E-state index in [1.165, 1.54) is 21.8 Å². The SMILES string of the molecule is F[P-](F)(F)(F)(F)F.N#[N+]c1ccc(-n2c3ccccc3c3ccccc32)cc1. The summed E-state index contributed by atoms with van der Waals surface area (Å²) in [5.41, 5.74) is 3.96. The van der Waals surface area contributed by atoms with Gasteiger partial charge in [0.25, 0.3) is 0 Å². The Morgan fingerprint density at radius 2 is 1.04 bits per heavy atom. The maximum Gasteiger partial charge on any atom is 0.385 e. The van der Waals surface area contributed by atoms with Crippen molar-refractivity contribution in [3.63, 3.8) is 0 Å². The molecule has 3 nitrogen and oxygen atoms in total. The summed E-state index contributed by atoms with van der Waals surface area (Å²) in [6, 6.07) is 24.3. The van der Waals surface area contributed by atoms with Crippen LogP contribution in [0.1, 0.15) is 0 Å². The fourth-order valence-corrected chi connectivity index (χ4v) is 2.87. The van der Waals surface area contributed by atoms with Gasteiger partial charge in [-0.05, 0) is 24.3 Å². The summed E-state index contributed by atoms with van der Waals surface area (Å²) in [5, 5.41) is 11.3. The van der Waals surface area contributed by atoms with Crippen molar-refractivity contribution in [1.29, 1.82) is 5.39 Å². The van der Waals surface area contributed by atoms with Crippen molar-refractivity contribution < 1.29 is 25.2 Å². The van der Waals surface area contributed by atoms with E-state index in [9.17, 15) is 25.2 Å². The monoisotopic (exact) mass is 415 g/mol. The third kappa shape index (κ3) is 4.99. The molecule has 0 amide bonds. The summed E-state index contributed by atoms with van der Waals surface area (Å²) < 4.78 is 61.4. The van der Waals surface area contributed by atoms with Gasteiger partial charge in [0.2, 0.25) is 5.39 Å². The molecule has 0 N–H and O–H groups in total. The van der Waals surface area contributed by atoms with E-state index in [1.807, 2.05) is 12.1 Å². The van der Waals surface area contributed by atoms with Crippen LogP contribution in [0.4, 0.5) is 30.9 Å². The molecule has 0 radical (unpaired) electrons. The first kappa shape index (κ1) is 19.6. The van der Waals surface area contributed by atoms with Gasteiger partial charge < -0.3 is 4.57 Å². The molecule has 0 aliphatic rings. The molecule has 10 heteroatoms. The zero-order valence-electron chi connectivity index (χ0n) is 14.0. The van der Waals surface area contributed by atoms with Crippen molar-refractivity contribution >= 4 is 35.3 Å². The molecule has 4 rings (SSSR count). The van der Waals surface area contributed by atoms with Gasteiger partial charge >= 0.3 is 38.7 Å². The molecule has 0 atom stereocenters. The minimum atomic E-state index is -10.7. The van der Waals surface area contributed by atoms with E-state index in [-0.39, 0.29) is 0 Å². The predicted octanol–water partition coefficient (Wildman–Crippen LogP) is 8.65. The third-order valence-electron chi connectivity index (χ3n) is 3.80. The molecular weight excluding hydrogens is 403 g/mol. The normalized spacial score (nSPS) is 13.9. The molecule has 0 fully saturated rings. The van der Waals surface area contributed by atoms with Crippen LogP contribution in [0.15, 0.2) is 72.8 Å². The van der Waals surface area contributed by atoms with Gasteiger partial charge in [0.1, 0.15) is 0 Å². The van der Waals surface area contributed by atoms with Gasteiger partial charge in [0.05, 0.1) is 11.0 Å². The molecule has 0 unspecified atom stereocenters. The number of hydrogen-bond donors (Lipinski definition) is 0. The Hall–Kier alpha value is -3.11. The molecule has 4 aromatic rings. The Morgan fingerprint density at radius 1 is 0.643 bits per heavy atom. The molecule has 0 aliphatic carbocycles. The largest absolute Gasteiger partial charge is 0.385 e. The predicted molar refractivity (Wildman–Crippen MR) is 99.1 cm³/mol. The molecule has 0 spiro atoms. The van der Waals surface area contributed by atoms with E-state index in [1.54, 1.807) is 12.1 Å². The number of fused-ring (bicyclic) bond motifs is 3. The maximum absolute atomic E-state index is 10.7. The second-order valence-electron chi connectivity index (χ2n) is 5.94. The van der Waals surface area contributed by atoms with Gasteiger partial charge in [0.15, 0.2) is 4.98 Å². The van der Waals surface area contributed by atoms with E-state index in [2.05, 4.69) is 58.1 Å². The van der Waals surface area contributed by atoms with Crippen LogP contribution in [0, 0.1) is 5.39 Å². The summed E-state index contributed by atoms with van der Waals surface area (Å²) >= 11 is 0. The minimum absolute atomic E-state index is 0.555. The second-order valence-corrected chi connectivity index (χ2v) is 7.86. The number of rotatable bonds is 1. The number of benzene rings is 3. The Morgan fingerprint density at radius 3 is 1.43 bits per heavy atom. The average Bonchev–Trinajstić information content (AvgIpc) is 2.94. The second kappa shape index (κ2) is 5.94. The van der Waals surface area contributed by atoms with Gasteiger partial charge in [-0.25, -0.2) is 0 Å². The van der Waals surface area contributed by atoms with Crippen LogP contribution in [0.3, 0.4) is 0 Å². The summed E-state index contributed by atoms with van der Waals surface area (Å²) in [7, 11) is -10.7. The van der Waals surface area contributed by atoms with E-state index >= 15 is 0 Å². The molecule has 1 heterocycles. The molecular formula is C18H12F6N3P. The number of aromatic nitrogens is 1. The average molecular weight is 415 g/mol. The van der Waals surface area contributed by atoms with Crippen molar-refractivity contribution in [1.82, 2.24) is 4.57 Å². The van der Waals surface area contributed by atoms with Crippen molar-refractivity contribution in [3.05, 3.63) is 77.8 Å². The van der Waals surface area contributed by atoms with Crippen LogP contribution in [0.25, 0.3) is 32.5 Å². The van der Waals surface area contributed by atoms with E-state index in [0.717, 1.165) is 5.69 Å². The molecule has 3 aromatic carbocycles. The smallest absolute Gasteiger partial charge is 0.309 e. The summed E-state index contributed by atoms with van der Waals surface area (Å²) in [5.74, 6) is 0. The van der Waals surface area contributed by atoms with Crippen LogP contribution < -0.4 is 0 Å².